The van der Waals surface area contributed by atoms with E-state index < -0.39 is 0 Å². The summed E-state index contributed by atoms with van der Waals surface area (Å²) in [6.45, 7) is 2.96. The molecule has 0 saturated heterocycles. The molecule has 2 N–H and O–H groups in total. The normalized spacial score (nSPS) is 10.1. The summed E-state index contributed by atoms with van der Waals surface area (Å²) in [5.74, 6) is 1.58. The molecule has 4 nitrogen and oxygen atoms in total. The van der Waals surface area contributed by atoms with Crippen molar-refractivity contribution in [2.75, 3.05) is 6.61 Å². The predicted molar refractivity (Wildman–Crippen MR) is 82.1 cm³/mol. The molecule has 0 bridgehead atoms. The van der Waals surface area contributed by atoms with Gasteiger partial charge in [0, 0.05) is 11.8 Å². The molecule has 1 aromatic carbocycles. The molecule has 0 amide bonds. The van der Waals surface area contributed by atoms with Gasteiger partial charge in [0.2, 0.25) is 0 Å². The lowest BCUT2D eigenvalue weighted by Gasteiger charge is -2.10. The zero-order chi connectivity index (χ0) is 14.4. The van der Waals surface area contributed by atoms with Gasteiger partial charge in [0.1, 0.15) is 28.8 Å². The second-order valence-corrected chi connectivity index (χ2v) is 4.51. The minimum Gasteiger partial charge on any atom is -0.494 e. The SMILES string of the molecule is CCOc1ccc(OCc2cccnc2C(N)=S)cc1. The highest BCUT2D eigenvalue weighted by molar-refractivity contribution is 7.80. The van der Waals surface area contributed by atoms with E-state index in [1.165, 1.54) is 0 Å². The topological polar surface area (TPSA) is 57.4 Å². The predicted octanol–water partition coefficient (Wildman–Crippen LogP) is 2.69. The Morgan fingerprint density at radius 2 is 1.80 bits per heavy atom. The maximum Gasteiger partial charge on any atom is 0.123 e. The molecule has 104 valence electrons. The fourth-order valence-corrected chi connectivity index (χ4v) is 1.92. The molecule has 2 rings (SSSR count). The molecule has 1 aromatic heterocycles. The maximum atomic E-state index is 5.71. The summed E-state index contributed by atoms with van der Waals surface area (Å²) in [5, 5.41) is 0. The van der Waals surface area contributed by atoms with Gasteiger partial charge in [-0.1, -0.05) is 18.3 Å². The van der Waals surface area contributed by atoms with E-state index in [4.69, 9.17) is 27.4 Å². The first-order valence-corrected chi connectivity index (χ1v) is 6.71. The quantitative estimate of drug-likeness (QED) is 0.828. The fourth-order valence-electron chi connectivity index (χ4n) is 1.74. The van der Waals surface area contributed by atoms with Crippen molar-refractivity contribution in [3.05, 3.63) is 53.9 Å². The Balaban J connectivity index is 2.03. The molecule has 20 heavy (non-hydrogen) atoms. The van der Waals surface area contributed by atoms with E-state index in [1.807, 2.05) is 43.3 Å². The van der Waals surface area contributed by atoms with E-state index >= 15 is 0 Å². The largest absolute Gasteiger partial charge is 0.494 e. The van der Waals surface area contributed by atoms with E-state index in [9.17, 15) is 0 Å². The lowest BCUT2D eigenvalue weighted by Crippen LogP contribution is -2.15. The van der Waals surface area contributed by atoms with Crippen LogP contribution in [-0.4, -0.2) is 16.6 Å². The Bertz CT molecular complexity index is 585. The molecular weight excluding hydrogens is 272 g/mol. The zero-order valence-electron chi connectivity index (χ0n) is 11.2. The summed E-state index contributed by atoms with van der Waals surface area (Å²) >= 11 is 4.97. The molecule has 0 aliphatic carbocycles. The fraction of sp³-hybridized carbons (Fsp3) is 0.200. The van der Waals surface area contributed by atoms with E-state index in [1.54, 1.807) is 6.20 Å². The number of benzene rings is 1. The Kier molecular flexibility index (Phi) is 4.90. The number of hydrogen-bond donors (Lipinski definition) is 1. The summed E-state index contributed by atoms with van der Waals surface area (Å²) in [4.78, 5) is 4.44. The van der Waals surface area contributed by atoms with Crippen LogP contribution in [0.1, 0.15) is 18.2 Å². The van der Waals surface area contributed by atoms with Gasteiger partial charge >= 0.3 is 0 Å². The van der Waals surface area contributed by atoms with E-state index in [0.717, 1.165) is 17.1 Å². The summed E-state index contributed by atoms with van der Waals surface area (Å²) in [5.41, 5.74) is 7.11. The molecule has 0 fully saturated rings. The van der Waals surface area contributed by atoms with Crippen LogP contribution < -0.4 is 15.2 Å². The number of pyridine rings is 1. The number of aromatic nitrogens is 1. The summed E-state index contributed by atoms with van der Waals surface area (Å²) in [6.07, 6.45) is 1.66. The highest BCUT2D eigenvalue weighted by atomic mass is 32.1. The minimum absolute atomic E-state index is 0.274. The molecule has 1 heterocycles. The van der Waals surface area contributed by atoms with E-state index in [2.05, 4.69) is 4.98 Å². The van der Waals surface area contributed by atoms with Crippen LogP contribution in [0, 0.1) is 0 Å². The second-order valence-electron chi connectivity index (χ2n) is 4.07. The van der Waals surface area contributed by atoms with Crippen molar-refractivity contribution >= 4 is 17.2 Å². The number of nitrogens with zero attached hydrogens (tertiary/aromatic N) is 1. The lowest BCUT2D eigenvalue weighted by molar-refractivity contribution is 0.303. The van der Waals surface area contributed by atoms with Crippen LogP contribution in [0.4, 0.5) is 0 Å². The van der Waals surface area contributed by atoms with Crippen LogP contribution in [0.3, 0.4) is 0 Å². The van der Waals surface area contributed by atoms with E-state index in [0.29, 0.717) is 18.9 Å². The van der Waals surface area contributed by atoms with E-state index in [-0.39, 0.29) is 4.99 Å². The average Bonchev–Trinajstić information content (AvgIpc) is 2.47. The van der Waals surface area contributed by atoms with Gasteiger partial charge in [0.05, 0.1) is 6.61 Å². The van der Waals surface area contributed by atoms with Crippen LogP contribution in [-0.2, 0) is 6.61 Å². The number of rotatable bonds is 6. The van der Waals surface area contributed by atoms with Crippen LogP contribution in [0.15, 0.2) is 42.6 Å². The van der Waals surface area contributed by atoms with Crippen molar-refractivity contribution in [1.29, 1.82) is 0 Å². The average molecular weight is 288 g/mol. The molecule has 0 saturated carbocycles. The number of hydrogen-bond acceptors (Lipinski definition) is 4. The first-order chi connectivity index (χ1) is 9.70. The van der Waals surface area contributed by atoms with Crippen molar-refractivity contribution in [3.63, 3.8) is 0 Å². The second kappa shape index (κ2) is 6.86. The van der Waals surface area contributed by atoms with Crippen LogP contribution in [0.5, 0.6) is 11.5 Å². The highest BCUT2D eigenvalue weighted by Crippen LogP contribution is 2.19. The van der Waals surface area contributed by atoms with Gasteiger partial charge in [-0.2, -0.15) is 0 Å². The zero-order valence-corrected chi connectivity index (χ0v) is 12.0. The Morgan fingerprint density at radius 3 is 2.40 bits per heavy atom. The van der Waals surface area contributed by atoms with Gasteiger partial charge in [-0.3, -0.25) is 4.98 Å². The Morgan fingerprint density at radius 1 is 1.15 bits per heavy atom. The molecule has 0 aliphatic rings. The monoisotopic (exact) mass is 288 g/mol. The van der Waals surface area contributed by atoms with Crippen LogP contribution in [0.25, 0.3) is 0 Å². The van der Waals surface area contributed by atoms with Crippen molar-refractivity contribution in [2.24, 2.45) is 5.73 Å². The number of thiocarbonyl (C=S) groups is 1. The van der Waals surface area contributed by atoms with Crippen LogP contribution >= 0.6 is 12.2 Å². The van der Waals surface area contributed by atoms with Gasteiger partial charge in [0.25, 0.3) is 0 Å². The standard InChI is InChI=1S/C15H16N2O2S/c1-2-18-12-5-7-13(8-6-12)19-10-11-4-3-9-17-14(11)15(16)20/h3-9H,2,10H2,1H3,(H2,16,20). The minimum atomic E-state index is 0.274. The summed E-state index contributed by atoms with van der Waals surface area (Å²) in [7, 11) is 0. The van der Waals surface area contributed by atoms with Crippen molar-refractivity contribution in [2.45, 2.75) is 13.5 Å². The highest BCUT2D eigenvalue weighted by Gasteiger charge is 2.06. The third kappa shape index (κ3) is 3.68. The molecule has 2 aromatic rings. The van der Waals surface area contributed by atoms with Crippen LogP contribution in [0.2, 0.25) is 0 Å². The Labute approximate surface area is 123 Å². The number of nitrogens with two attached hydrogens (primary N) is 1. The first-order valence-electron chi connectivity index (χ1n) is 6.30. The summed E-state index contributed by atoms with van der Waals surface area (Å²) < 4.78 is 11.1. The first kappa shape index (κ1) is 14.3. The van der Waals surface area contributed by atoms with Crippen molar-refractivity contribution in [3.8, 4) is 11.5 Å². The molecule has 0 spiro atoms. The molecular formula is C15H16N2O2S. The lowest BCUT2D eigenvalue weighted by atomic mass is 10.2. The smallest absolute Gasteiger partial charge is 0.123 e. The van der Waals surface area contributed by atoms with Gasteiger partial charge in [-0.05, 0) is 37.3 Å². The third-order valence-corrected chi connectivity index (χ3v) is 2.85. The third-order valence-electron chi connectivity index (χ3n) is 2.65. The molecule has 0 unspecified atom stereocenters. The molecule has 5 heteroatoms. The maximum absolute atomic E-state index is 5.71. The molecule has 0 atom stereocenters. The van der Waals surface area contributed by atoms with Gasteiger partial charge in [-0.15, -0.1) is 0 Å². The Hall–Kier alpha value is -2.14. The number of ether oxygens (including phenoxy) is 2. The van der Waals surface area contributed by atoms with Crippen molar-refractivity contribution in [1.82, 2.24) is 4.98 Å². The van der Waals surface area contributed by atoms with Gasteiger partial charge < -0.3 is 15.2 Å². The molecule has 0 radical (unpaired) electrons. The van der Waals surface area contributed by atoms with Gasteiger partial charge in [0.15, 0.2) is 0 Å². The summed E-state index contributed by atoms with van der Waals surface area (Å²) in [6, 6.07) is 11.2. The van der Waals surface area contributed by atoms with Crippen molar-refractivity contribution < 1.29 is 9.47 Å². The molecule has 0 aliphatic heterocycles. The van der Waals surface area contributed by atoms with Gasteiger partial charge in [-0.25, -0.2) is 0 Å².